The van der Waals surface area contributed by atoms with Gasteiger partial charge < -0.3 is 14.2 Å². The summed E-state index contributed by atoms with van der Waals surface area (Å²) in [7, 11) is 0. The second-order valence-corrected chi connectivity index (χ2v) is 29.2. The molecule has 0 bridgehead atoms. The fourth-order valence-electron chi connectivity index (χ4n) is 17.4. The summed E-state index contributed by atoms with van der Waals surface area (Å²) in [4.78, 5) is 5.11. The van der Waals surface area contributed by atoms with Crippen molar-refractivity contribution in [3.63, 3.8) is 0 Å². The highest BCUT2D eigenvalue weighted by Gasteiger charge is 2.38. The number of anilines is 4. The van der Waals surface area contributed by atoms with Crippen LogP contribution in [0.3, 0.4) is 0 Å². The van der Waals surface area contributed by atoms with E-state index in [1.807, 2.05) is 6.08 Å². The van der Waals surface area contributed by atoms with Crippen LogP contribution in [0.4, 0.5) is 22.7 Å². The minimum absolute atomic E-state index is 0.0207. The van der Waals surface area contributed by atoms with Gasteiger partial charge in [-0.05, 0) is 222 Å². The van der Waals surface area contributed by atoms with Gasteiger partial charge in [0.05, 0.1) is 17.4 Å². The van der Waals surface area contributed by atoms with Crippen molar-refractivity contribution in [2.45, 2.75) is 70.8 Å². The number of hydrogen-bond donors (Lipinski definition) is 0. The number of fused-ring (bicyclic) bond motifs is 7. The molecule has 1 heterocycles. The third-order valence-electron chi connectivity index (χ3n) is 22.7. The molecular formula is C103H82N2O. The summed E-state index contributed by atoms with van der Waals surface area (Å²) in [5.74, 6) is 0.230. The number of furan rings is 1. The molecule has 0 radical (unpaired) electrons. The Morgan fingerprint density at radius 2 is 1.14 bits per heavy atom. The van der Waals surface area contributed by atoms with Crippen LogP contribution in [0.5, 0.6) is 0 Å². The van der Waals surface area contributed by atoms with Crippen LogP contribution >= 0.6 is 0 Å². The number of allylic oxidation sites excluding steroid dienone is 10. The molecule has 4 aliphatic carbocycles. The molecule has 13 aromatic carbocycles. The van der Waals surface area contributed by atoms with Crippen LogP contribution in [0.2, 0.25) is 0 Å². The van der Waals surface area contributed by atoms with Gasteiger partial charge >= 0.3 is 0 Å². The third kappa shape index (κ3) is 11.6. The van der Waals surface area contributed by atoms with E-state index >= 15 is 0 Å². The first-order valence-corrected chi connectivity index (χ1v) is 37.6. The molecule has 0 aliphatic heterocycles. The van der Waals surface area contributed by atoms with Crippen LogP contribution in [-0.2, 0) is 5.41 Å². The molecule has 0 N–H and O–H groups in total. The first-order valence-electron chi connectivity index (χ1n) is 37.6. The highest BCUT2D eigenvalue weighted by molar-refractivity contribution is 6.12. The Labute approximate surface area is 622 Å². The molecule has 4 aliphatic rings. The van der Waals surface area contributed by atoms with Gasteiger partial charge in [-0.25, -0.2) is 0 Å². The lowest BCUT2D eigenvalue weighted by Crippen LogP contribution is -2.36. The Hall–Kier alpha value is -12.6. The summed E-state index contributed by atoms with van der Waals surface area (Å²) in [5.41, 5.74) is 31.9. The largest absolute Gasteiger partial charge is 0.455 e. The van der Waals surface area contributed by atoms with Crippen LogP contribution in [0.1, 0.15) is 81.5 Å². The third-order valence-corrected chi connectivity index (χ3v) is 22.7. The van der Waals surface area contributed by atoms with Gasteiger partial charge in [0.2, 0.25) is 0 Å². The maximum atomic E-state index is 6.67. The van der Waals surface area contributed by atoms with Crippen LogP contribution in [0.15, 0.2) is 363 Å². The van der Waals surface area contributed by atoms with E-state index in [0.29, 0.717) is 0 Å². The monoisotopic (exact) mass is 1360 g/mol. The minimum atomic E-state index is -0.383. The van der Waals surface area contributed by atoms with Crippen LogP contribution in [-0.4, -0.2) is 6.04 Å². The van der Waals surface area contributed by atoms with Gasteiger partial charge in [-0.3, -0.25) is 0 Å². The minimum Gasteiger partial charge on any atom is -0.455 e. The standard InChI is InChI=1S/C103H82N2O/c1-6-8-10-11-21-37-82(36-9-7-2)104(83-53-43-72(44-54-83)69-27-15-12-16-28-69)96-62-52-80-64-81(67-94-99(80)101(96)91-60-49-78(66-93(91)103(94,4)5)71-31-19-14-20-32-71)77-35-24-34-76(63-77)74-47-57-85(58-48-74)105(84-55-45-73(46-56-84)70-29-17-13-18-30-70)95-61-51-75-33-25-39-86-68(3)92-65-79(50-59-89(92)100(95)98(75)86)87-40-26-41-90-88-38-22-23-42-97(88)106-102(87)90/h6-20,22-24,26-38,40-53,55-68,83H,2,21,25,39,54H2,1,3-5H3/b8-6-,11-10-,36-9-,82-37-. The van der Waals surface area contributed by atoms with Crippen molar-refractivity contribution >= 4 is 72.7 Å². The van der Waals surface area contributed by atoms with Gasteiger partial charge in [0.15, 0.2) is 0 Å². The molecule has 0 saturated heterocycles. The maximum absolute atomic E-state index is 6.67. The average Bonchev–Trinajstić information content (AvgIpc) is 0.826. The van der Waals surface area contributed by atoms with Crippen molar-refractivity contribution in [3.8, 4) is 77.9 Å². The molecule has 2 atom stereocenters. The molecule has 3 nitrogen and oxygen atoms in total. The summed E-state index contributed by atoms with van der Waals surface area (Å²) in [6, 6.07) is 104. The molecule has 510 valence electrons. The fraction of sp³-hybridized carbons (Fsp3) is 0.107. The summed E-state index contributed by atoms with van der Waals surface area (Å²) in [5, 5.41) is 7.51. The van der Waals surface area contributed by atoms with Crippen LogP contribution in [0.25, 0.3) is 128 Å². The smallest absolute Gasteiger partial charge is 0.143 e. The summed E-state index contributed by atoms with van der Waals surface area (Å²) in [6.45, 7) is 13.5. The zero-order valence-electron chi connectivity index (χ0n) is 60.5. The lowest BCUT2D eigenvalue weighted by atomic mass is 9.67. The molecule has 106 heavy (non-hydrogen) atoms. The van der Waals surface area contributed by atoms with Crippen LogP contribution in [0, 0.1) is 0 Å². The van der Waals surface area contributed by atoms with Crippen molar-refractivity contribution in [2.24, 2.45) is 0 Å². The first kappa shape index (κ1) is 65.5. The molecule has 18 rings (SSSR count). The highest BCUT2D eigenvalue weighted by Crippen LogP contribution is 2.56. The second-order valence-electron chi connectivity index (χ2n) is 29.2. The van der Waals surface area contributed by atoms with Crippen molar-refractivity contribution in [1.82, 2.24) is 0 Å². The molecule has 2 unspecified atom stereocenters. The first-order chi connectivity index (χ1) is 52.2. The molecular weight excluding hydrogens is 1280 g/mol. The number of rotatable bonds is 17. The Bertz CT molecular complexity index is 6130. The molecule has 1 aromatic heterocycles. The van der Waals surface area contributed by atoms with E-state index < -0.39 is 0 Å². The molecule has 14 aromatic rings. The predicted molar refractivity (Wildman–Crippen MR) is 451 cm³/mol. The lowest BCUT2D eigenvalue weighted by Gasteiger charge is -2.40. The van der Waals surface area contributed by atoms with E-state index in [0.717, 1.165) is 87.1 Å². The van der Waals surface area contributed by atoms with Gasteiger partial charge in [0.1, 0.15) is 11.2 Å². The summed E-state index contributed by atoms with van der Waals surface area (Å²) in [6.07, 6.45) is 30.4. The second kappa shape index (κ2) is 27.6. The van der Waals surface area contributed by atoms with Crippen molar-refractivity contribution in [2.75, 3.05) is 9.80 Å². The Morgan fingerprint density at radius 1 is 0.519 bits per heavy atom. The predicted octanol–water partition coefficient (Wildman–Crippen LogP) is 26.7. The van der Waals surface area contributed by atoms with Gasteiger partial charge in [0, 0.05) is 55.9 Å². The lowest BCUT2D eigenvalue weighted by molar-refractivity contribution is 0.645. The van der Waals surface area contributed by atoms with E-state index in [-0.39, 0.29) is 17.4 Å². The van der Waals surface area contributed by atoms with Crippen molar-refractivity contribution < 1.29 is 4.42 Å². The van der Waals surface area contributed by atoms with E-state index in [9.17, 15) is 0 Å². The van der Waals surface area contributed by atoms with Crippen molar-refractivity contribution in [1.29, 1.82) is 0 Å². The Kier molecular flexibility index (Phi) is 17.0. The molecule has 0 saturated carbocycles. The molecule has 0 spiro atoms. The zero-order valence-corrected chi connectivity index (χ0v) is 60.5. The maximum Gasteiger partial charge on any atom is 0.143 e. The Morgan fingerprint density at radius 3 is 1.88 bits per heavy atom. The quantitative estimate of drug-likeness (QED) is 0.0847. The van der Waals surface area contributed by atoms with Crippen molar-refractivity contribution in [3.05, 3.63) is 391 Å². The molecule has 0 fully saturated rings. The Balaban J connectivity index is 0.757. The van der Waals surface area contributed by atoms with E-state index in [2.05, 4.69) is 390 Å². The summed E-state index contributed by atoms with van der Waals surface area (Å²) >= 11 is 0. The van der Waals surface area contributed by atoms with Gasteiger partial charge in [-0.2, -0.15) is 0 Å². The fourth-order valence-corrected chi connectivity index (χ4v) is 17.4. The number of nitrogens with zero attached hydrogens (tertiary/aromatic N) is 2. The van der Waals surface area contributed by atoms with Gasteiger partial charge in [-0.1, -0.05) is 306 Å². The zero-order chi connectivity index (χ0) is 71.4. The number of hydrogen-bond acceptors (Lipinski definition) is 3. The number of benzene rings is 13. The normalized spacial score (nSPS) is 15.6. The number of para-hydroxylation sites is 2. The SMILES string of the molecule is C=C/C=C\C(=C\C/C=C\C=C/C)N(c1ccc2cc(-c3cccc(-c4ccc(N(c5ccc(-c6ccccc6)cc5)c5ccc6c7c5-c5ccc(-c8cccc9c8oc8ccccc89)cc5C(C)C=7CCC=6)cc4)c3)cc3c2c1-c1ccc(-c2ccccc2)cc1C3(C)C)C1C=CC(c2ccccc2)=CC1. The van der Waals surface area contributed by atoms with E-state index in [1.54, 1.807) is 0 Å². The molecule has 3 heteroatoms. The van der Waals surface area contributed by atoms with E-state index in [1.165, 1.54) is 121 Å². The molecule has 0 amide bonds. The van der Waals surface area contributed by atoms with Crippen LogP contribution < -0.4 is 20.2 Å². The van der Waals surface area contributed by atoms with Gasteiger partial charge in [-0.15, -0.1) is 0 Å². The average molecular weight is 1360 g/mol. The van der Waals surface area contributed by atoms with E-state index in [4.69, 9.17) is 4.42 Å². The van der Waals surface area contributed by atoms with Gasteiger partial charge in [0.25, 0.3) is 0 Å². The highest BCUT2D eigenvalue weighted by atomic mass is 16.3. The topological polar surface area (TPSA) is 19.6 Å². The summed E-state index contributed by atoms with van der Waals surface area (Å²) < 4.78 is 6.67.